The van der Waals surface area contributed by atoms with Crippen LogP contribution in [0.5, 0.6) is 0 Å². The summed E-state index contributed by atoms with van der Waals surface area (Å²) in [4.78, 5) is 11.6. The van der Waals surface area contributed by atoms with E-state index in [1.165, 1.54) is 24.8 Å². The quantitative estimate of drug-likeness (QED) is 0.374. The molecule has 0 aromatic heterocycles. The van der Waals surface area contributed by atoms with E-state index in [1.807, 2.05) is 20.8 Å². The van der Waals surface area contributed by atoms with Gasteiger partial charge in [0.15, 0.2) is 0 Å². The molecule has 21 heavy (non-hydrogen) atoms. The third-order valence-corrected chi connectivity index (χ3v) is 4.34. The number of carbonyl (C=O) groups is 1. The summed E-state index contributed by atoms with van der Waals surface area (Å²) in [6.45, 7) is 16.4. The lowest BCUT2D eigenvalue weighted by Crippen LogP contribution is -2.32. The van der Waals surface area contributed by atoms with Crippen molar-refractivity contribution in [2.24, 2.45) is 5.92 Å². The Morgan fingerprint density at radius 2 is 1.95 bits per heavy atom. The minimum absolute atomic E-state index is 0.164. The molecule has 0 heterocycles. The maximum Gasteiger partial charge on any atom is 0.306 e. The lowest BCUT2D eigenvalue weighted by molar-refractivity contribution is -0.154. The molecule has 0 radical (unpaired) electrons. The van der Waals surface area contributed by atoms with Crippen LogP contribution in [0.1, 0.15) is 80.1 Å². The summed E-state index contributed by atoms with van der Waals surface area (Å²) in [7, 11) is 0. The van der Waals surface area contributed by atoms with Gasteiger partial charge in [0, 0.05) is 12.8 Å². The van der Waals surface area contributed by atoms with Crippen LogP contribution in [0.15, 0.2) is 23.8 Å². The van der Waals surface area contributed by atoms with E-state index in [0.717, 1.165) is 17.9 Å². The molecule has 2 unspecified atom stereocenters. The van der Waals surface area contributed by atoms with Crippen molar-refractivity contribution >= 4 is 5.97 Å². The van der Waals surface area contributed by atoms with Crippen LogP contribution in [-0.2, 0) is 9.53 Å². The predicted octanol–water partition coefficient (Wildman–Crippen LogP) is 5.83. The first kappa shape index (κ1) is 19.9. The molecule has 0 aliphatic heterocycles. The van der Waals surface area contributed by atoms with Crippen LogP contribution in [0.3, 0.4) is 0 Å². The molecule has 122 valence electrons. The van der Waals surface area contributed by atoms with Gasteiger partial charge in [-0.25, -0.2) is 0 Å². The highest BCUT2D eigenvalue weighted by atomic mass is 16.6. The number of hydrogen-bond donors (Lipinski definition) is 0. The van der Waals surface area contributed by atoms with E-state index >= 15 is 0 Å². The summed E-state index contributed by atoms with van der Waals surface area (Å²) in [5.41, 5.74) is 1.69. The van der Waals surface area contributed by atoms with E-state index in [1.54, 1.807) is 0 Å². The van der Waals surface area contributed by atoms with Gasteiger partial charge >= 0.3 is 5.97 Å². The van der Waals surface area contributed by atoms with Crippen molar-refractivity contribution in [3.8, 4) is 0 Å². The smallest absolute Gasteiger partial charge is 0.306 e. The third-order valence-electron chi connectivity index (χ3n) is 4.34. The molecule has 2 nitrogen and oxygen atoms in total. The largest absolute Gasteiger partial charge is 0.455 e. The Kier molecular flexibility index (Phi) is 9.32. The van der Waals surface area contributed by atoms with Crippen molar-refractivity contribution in [3.63, 3.8) is 0 Å². The van der Waals surface area contributed by atoms with Crippen molar-refractivity contribution in [2.75, 3.05) is 0 Å². The molecule has 0 aliphatic carbocycles. The molecule has 0 rings (SSSR count). The molecule has 0 aliphatic rings. The first-order chi connectivity index (χ1) is 9.75. The summed E-state index contributed by atoms with van der Waals surface area (Å²) >= 11 is 0. The molecule has 0 fully saturated rings. The third kappa shape index (κ3) is 8.08. The Hall–Kier alpha value is -1.05. The Balaban J connectivity index is 4.48. The minimum Gasteiger partial charge on any atom is -0.455 e. The number of esters is 1. The molecule has 2 heteroatoms. The van der Waals surface area contributed by atoms with Gasteiger partial charge in [-0.2, -0.15) is 0 Å². The Morgan fingerprint density at radius 1 is 1.33 bits per heavy atom. The van der Waals surface area contributed by atoms with Gasteiger partial charge in [0.2, 0.25) is 0 Å². The standard InChI is InChI=1S/C19H34O2/c1-8-16(5)11-10-12-17(6)13-14-19(7,15(3)4)21-18(20)9-2/h13,16H,3,8-12,14H2,1-2,4-7H3/b17-13-. The number of hydrogen-bond acceptors (Lipinski definition) is 2. The fourth-order valence-electron chi connectivity index (χ4n) is 2.03. The van der Waals surface area contributed by atoms with Gasteiger partial charge in [0.05, 0.1) is 0 Å². The fourth-order valence-corrected chi connectivity index (χ4v) is 2.03. The number of carbonyl (C=O) groups excluding carboxylic acids is 1. The average Bonchev–Trinajstić information content (AvgIpc) is 2.44. The van der Waals surface area contributed by atoms with Crippen LogP contribution in [0, 0.1) is 5.92 Å². The maximum atomic E-state index is 11.6. The first-order valence-corrected chi connectivity index (χ1v) is 8.28. The molecule has 0 bridgehead atoms. The Morgan fingerprint density at radius 3 is 2.43 bits per heavy atom. The molecule has 0 aromatic carbocycles. The topological polar surface area (TPSA) is 26.3 Å². The van der Waals surface area contributed by atoms with Crippen molar-refractivity contribution < 1.29 is 9.53 Å². The van der Waals surface area contributed by atoms with Crippen molar-refractivity contribution in [3.05, 3.63) is 23.8 Å². The van der Waals surface area contributed by atoms with Gasteiger partial charge < -0.3 is 4.74 Å². The highest BCUT2D eigenvalue weighted by Crippen LogP contribution is 2.26. The van der Waals surface area contributed by atoms with E-state index < -0.39 is 5.60 Å². The van der Waals surface area contributed by atoms with E-state index in [2.05, 4.69) is 33.4 Å². The normalized spacial score (nSPS) is 16.2. The van der Waals surface area contributed by atoms with E-state index in [0.29, 0.717) is 12.8 Å². The zero-order valence-corrected chi connectivity index (χ0v) is 14.9. The van der Waals surface area contributed by atoms with Crippen LogP contribution >= 0.6 is 0 Å². The summed E-state index contributed by atoms with van der Waals surface area (Å²) in [6, 6.07) is 0. The molecule has 0 saturated carbocycles. The molecule has 0 spiro atoms. The molecule has 0 N–H and O–H groups in total. The van der Waals surface area contributed by atoms with Crippen molar-refractivity contribution in [2.45, 2.75) is 85.7 Å². The lowest BCUT2D eigenvalue weighted by Gasteiger charge is -2.29. The van der Waals surface area contributed by atoms with E-state index in [4.69, 9.17) is 4.74 Å². The van der Waals surface area contributed by atoms with Gasteiger partial charge in [-0.3, -0.25) is 4.79 Å². The summed E-state index contributed by atoms with van der Waals surface area (Å²) < 4.78 is 5.58. The summed E-state index contributed by atoms with van der Waals surface area (Å²) in [6.07, 6.45) is 8.21. The second kappa shape index (κ2) is 9.81. The van der Waals surface area contributed by atoms with Crippen LogP contribution in [-0.4, -0.2) is 11.6 Å². The van der Waals surface area contributed by atoms with Crippen LogP contribution in [0.4, 0.5) is 0 Å². The van der Waals surface area contributed by atoms with E-state index in [-0.39, 0.29) is 5.97 Å². The highest BCUT2D eigenvalue weighted by Gasteiger charge is 2.28. The predicted molar refractivity (Wildman–Crippen MR) is 91.3 cm³/mol. The molecular weight excluding hydrogens is 260 g/mol. The SMILES string of the molecule is C=C(C)C(C)(C/C=C(/C)CCCC(C)CC)OC(=O)CC. The number of rotatable bonds is 10. The lowest BCUT2D eigenvalue weighted by atomic mass is 9.92. The molecular formula is C19H34O2. The second-order valence-corrected chi connectivity index (χ2v) is 6.50. The zero-order chi connectivity index (χ0) is 16.5. The zero-order valence-electron chi connectivity index (χ0n) is 14.9. The maximum absolute atomic E-state index is 11.6. The summed E-state index contributed by atoms with van der Waals surface area (Å²) in [5, 5.41) is 0. The van der Waals surface area contributed by atoms with Gasteiger partial charge in [0.25, 0.3) is 0 Å². The van der Waals surface area contributed by atoms with Crippen LogP contribution < -0.4 is 0 Å². The fraction of sp³-hybridized carbons (Fsp3) is 0.737. The van der Waals surface area contributed by atoms with Gasteiger partial charge in [-0.05, 0) is 45.1 Å². The monoisotopic (exact) mass is 294 g/mol. The highest BCUT2D eigenvalue weighted by molar-refractivity contribution is 5.69. The minimum atomic E-state index is -0.578. The number of allylic oxidation sites excluding steroid dienone is 1. The average molecular weight is 294 g/mol. The Labute approximate surface area is 131 Å². The van der Waals surface area contributed by atoms with Gasteiger partial charge in [-0.1, -0.05) is 51.8 Å². The van der Waals surface area contributed by atoms with Gasteiger partial charge in [-0.15, -0.1) is 0 Å². The van der Waals surface area contributed by atoms with Crippen LogP contribution in [0.25, 0.3) is 0 Å². The van der Waals surface area contributed by atoms with E-state index in [9.17, 15) is 4.79 Å². The molecule has 0 amide bonds. The van der Waals surface area contributed by atoms with Crippen molar-refractivity contribution in [1.29, 1.82) is 0 Å². The molecule has 0 aromatic rings. The number of ether oxygens (including phenoxy) is 1. The first-order valence-electron chi connectivity index (χ1n) is 8.28. The second-order valence-electron chi connectivity index (χ2n) is 6.50. The van der Waals surface area contributed by atoms with Gasteiger partial charge in [0.1, 0.15) is 5.60 Å². The molecule has 2 atom stereocenters. The molecule has 0 saturated heterocycles. The van der Waals surface area contributed by atoms with Crippen molar-refractivity contribution in [1.82, 2.24) is 0 Å². The Bertz CT molecular complexity index is 368. The summed E-state index contributed by atoms with van der Waals surface area (Å²) in [5.74, 6) is 0.646. The van der Waals surface area contributed by atoms with Crippen LogP contribution in [0.2, 0.25) is 0 Å².